The highest BCUT2D eigenvalue weighted by molar-refractivity contribution is 7.13. The van der Waals surface area contributed by atoms with Crippen molar-refractivity contribution in [2.45, 2.75) is 26.2 Å². The Morgan fingerprint density at radius 1 is 1.61 bits per heavy atom. The van der Waals surface area contributed by atoms with Crippen LogP contribution in [0.4, 0.5) is 5.13 Å². The Morgan fingerprint density at radius 2 is 2.50 bits per heavy atom. The number of hydrogen-bond donors (Lipinski definition) is 2. The Hall–Kier alpha value is -1.76. The number of aromatic nitrogens is 4. The SMILES string of the molecule is Cc1nc2c([nH]1)C[C@@H](C(=O)Nc1nncs1)CC2. The molecule has 6 nitrogen and oxygen atoms in total. The zero-order chi connectivity index (χ0) is 12.5. The van der Waals surface area contributed by atoms with Gasteiger partial charge in [-0.05, 0) is 19.8 Å². The molecule has 18 heavy (non-hydrogen) atoms. The highest BCUT2D eigenvalue weighted by Crippen LogP contribution is 2.25. The summed E-state index contributed by atoms with van der Waals surface area (Å²) in [4.78, 5) is 19.7. The van der Waals surface area contributed by atoms with E-state index in [0.29, 0.717) is 5.13 Å². The van der Waals surface area contributed by atoms with Crippen LogP contribution in [0.15, 0.2) is 5.51 Å². The number of imidazole rings is 1. The van der Waals surface area contributed by atoms with Gasteiger partial charge < -0.3 is 10.3 Å². The lowest BCUT2D eigenvalue weighted by Gasteiger charge is -2.19. The van der Waals surface area contributed by atoms with Crippen LogP contribution in [0.5, 0.6) is 0 Å². The zero-order valence-corrected chi connectivity index (χ0v) is 10.8. The molecule has 94 valence electrons. The third-order valence-electron chi connectivity index (χ3n) is 3.12. The van der Waals surface area contributed by atoms with Crippen molar-refractivity contribution in [3.63, 3.8) is 0 Å². The van der Waals surface area contributed by atoms with E-state index in [0.717, 1.165) is 36.5 Å². The summed E-state index contributed by atoms with van der Waals surface area (Å²) in [6, 6.07) is 0. The molecular formula is C11H13N5OS. The number of carbonyl (C=O) groups excluding carboxylic acids is 1. The molecule has 1 amide bonds. The summed E-state index contributed by atoms with van der Waals surface area (Å²) in [5, 5.41) is 10.9. The van der Waals surface area contributed by atoms with Crippen LogP contribution in [0.2, 0.25) is 0 Å². The van der Waals surface area contributed by atoms with E-state index in [1.165, 1.54) is 11.3 Å². The van der Waals surface area contributed by atoms with Crippen LogP contribution in [0.1, 0.15) is 23.6 Å². The summed E-state index contributed by atoms with van der Waals surface area (Å²) in [5.41, 5.74) is 3.80. The Balaban J connectivity index is 1.70. The normalized spacial score (nSPS) is 18.4. The van der Waals surface area contributed by atoms with Gasteiger partial charge in [0.1, 0.15) is 11.3 Å². The average molecular weight is 263 g/mol. The van der Waals surface area contributed by atoms with Crippen molar-refractivity contribution in [2.24, 2.45) is 5.92 Å². The van der Waals surface area contributed by atoms with Crippen LogP contribution in [0.3, 0.4) is 0 Å². The van der Waals surface area contributed by atoms with Crippen molar-refractivity contribution in [2.75, 3.05) is 5.32 Å². The number of amides is 1. The largest absolute Gasteiger partial charge is 0.346 e. The molecule has 3 rings (SSSR count). The van der Waals surface area contributed by atoms with Gasteiger partial charge in [0.2, 0.25) is 11.0 Å². The number of anilines is 1. The first kappa shape index (κ1) is 11.3. The highest BCUT2D eigenvalue weighted by atomic mass is 32.1. The molecule has 1 atom stereocenters. The van der Waals surface area contributed by atoms with Gasteiger partial charge in [-0.25, -0.2) is 4.98 Å². The third-order valence-corrected chi connectivity index (χ3v) is 3.73. The van der Waals surface area contributed by atoms with E-state index in [4.69, 9.17) is 0 Å². The highest BCUT2D eigenvalue weighted by Gasteiger charge is 2.27. The van der Waals surface area contributed by atoms with Crippen molar-refractivity contribution in [3.05, 3.63) is 22.7 Å². The lowest BCUT2D eigenvalue weighted by molar-refractivity contribution is -0.120. The average Bonchev–Trinajstić information content (AvgIpc) is 2.95. The van der Waals surface area contributed by atoms with Crippen LogP contribution >= 0.6 is 11.3 Å². The number of fused-ring (bicyclic) bond motifs is 1. The van der Waals surface area contributed by atoms with Crippen molar-refractivity contribution >= 4 is 22.4 Å². The summed E-state index contributed by atoms with van der Waals surface area (Å²) >= 11 is 1.33. The van der Waals surface area contributed by atoms with Crippen LogP contribution < -0.4 is 5.32 Å². The minimum absolute atomic E-state index is 0.0127. The summed E-state index contributed by atoms with van der Waals surface area (Å²) in [5.74, 6) is 0.927. The minimum Gasteiger partial charge on any atom is -0.346 e. The number of nitrogens with one attached hydrogen (secondary N) is 2. The fourth-order valence-corrected chi connectivity index (χ4v) is 2.73. The van der Waals surface area contributed by atoms with E-state index in [2.05, 4.69) is 25.5 Å². The van der Waals surface area contributed by atoms with Gasteiger partial charge in [0.05, 0.1) is 5.69 Å². The molecule has 2 heterocycles. The summed E-state index contributed by atoms with van der Waals surface area (Å²) in [6.07, 6.45) is 2.41. The molecule has 7 heteroatoms. The predicted molar refractivity (Wildman–Crippen MR) is 67.4 cm³/mol. The molecule has 0 spiro atoms. The van der Waals surface area contributed by atoms with Gasteiger partial charge in [-0.15, -0.1) is 10.2 Å². The third kappa shape index (κ3) is 2.13. The Bertz CT molecular complexity index is 562. The second kappa shape index (κ2) is 4.49. The minimum atomic E-state index is -0.0127. The van der Waals surface area contributed by atoms with Gasteiger partial charge in [0.25, 0.3) is 0 Å². The standard InChI is InChI=1S/C11H13N5OS/c1-6-13-8-3-2-7(4-9(8)14-6)10(17)15-11-16-12-5-18-11/h5,7H,2-4H2,1H3,(H,13,14)(H,15,16,17)/t7-/m0/s1. The van der Waals surface area contributed by atoms with E-state index in [1.54, 1.807) is 5.51 Å². The van der Waals surface area contributed by atoms with Crippen LogP contribution in [0, 0.1) is 12.8 Å². The Kier molecular flexibility index (Phi) is 2.83. The topological polar surface area (TPSA) is 83.6 Å². The molecule has 0 saturated carbocycles. The van der Waals surface area contributed by atoms with Crippen molar-refractivity contribution in [1.82, 2.24) is 20.2 Å². The molecule has 0 saturated heterocycles. The van der Waals surface area contributed by atoms with Crippen molar-refractivity contribution < 1.29 is 4.79 Å². The molecule has 0 fully saturated rings. The number of aromatic amines is 1. The first-order valence-corrected chi connectivity index (χ1v) is 6.71. The van der Waals surface area contributed by atoms with Gasteiger partial charge in [-0.1, -0.05) is 11.3 Å². The maximum absolute atomic E-state index is 12.1. The predicted octanol–water partition coefficient (Wildman–Crippen LogP) is 1.31. The smallest absolute Gasteiger partial charge is 0.229 e. The monoisotopic (exact) mass is 263 g/mol. The summed E-state index contributed by atoms with van der Waals surface area (Å²) in [7, 11) is 0. The van der Waals surface area contributed by atoms with Crippen LogP contribution in [0.25, 0.3) is 0 Å². The molecule has 1 aliphatic rings. The van der Waals surface area contributed by atoms with Crippen molar-refractivity contribution in [1.29, 1.82) is 0 Å². The van der Waals surface area contributed by atoms with E-state index < -0.39 is 0 Å². The number of aryl methyl sites for hydroxylation is 2. The van der Waals surface area contributed by atoms with Crippen LogP contribution in [-0.4, -0.2) is 26.1 Å². The maximum Gasteiger partial charge on any atom is 0.229 e. The second-order valence-electron chi connectivity index (χ2n) is 4.42. The quantitative estimate of drug-likeness (QED) is 0.855. The number of hydrogen-bond acceptors (Lipinski definition) is 5. The molecule has 0 radical (unpaired) electrons. The number of rotatable bonds is 2. The van der Waals surface area contributed by atoms with E-state index >= 15 is 0 Å². The van der Waals surface area contributed by atoms with Gasteiger partial charge in [0.15, 0.2) is 0 Å². The molecule has 1 aliphatic carbocycles. The molecule has 2 aromatic rings. The molecule has 2 aromatic heterocycles. The van der Waals surface area contributed by atoms with Gasteiger partial charge >= 0.3 is 0 Å². The fourth-order valence-electron chi connectivity index (χ4n) is 2.28. The molecule has 0 aromatic carbocycles. The molecule has 0 unspecified atom stereocenters. The van der Waals surface area contributed by atoms with Gasteiger partial charge in [0, 0.05) is 18.0 Å². The second-order valence-corrected chi connectivity index (χ2v) is 5.25. The van der Waals surface area contributed by atoms with Crippen molar-refractivity contribution in [3.8, 4) is 0 Å². The first-order chi connectivity index (χ1) is 8.72. The summed E-state index contributed by atoms with van der Waals surface area (Å²) in [6.45, 7) is 1.94. The molecular weight excluding hydrogens is 250 g/mol. The fraction of sp³-hybridized carbons (Fsp3) is 0.455. The van der Waals surface area contributed by atoms with E-state index in [-0.39, 0.29) is 11.8 Å². The lowest BCUT2D eigenvalue weighted by atomic mass is 9.89. The Labute approximate surface area is 108 Å². The maximum atomic E-state index is 12.1. The number of nitrogens with zero attached hydrogens (tertiary/aromatic N) is 3. The molecule has 0 bridgehead atoms. The number of carbonyl (C=O) groups is 1. The van der Waals surface area contributed by atoms with Gasteiger partial charge in [-0.2, -0.15) is 0 Å². The lowest BCUT2D eigenvalue weighted by Crippen LogP contribution is -2.28. The van der Waals surface area contributed by atoms with E-state index in [1.807, 2.05) is 6.92 Å². The zero-order valence-electron chi connectivity index (χ0n) is 9.93. The van der Waals surface area contributed by atoms with Gasteiger partial charge in [-0.3, -0.25) is 4.79 Å². The first-order valence-electron chi connectivity index (χ1n) is 5.84. The Morgan fingerprint density at radius 3 is 3.28 bits per heavy atom. The number of H-pyrrole nitrogens is 1. The summed E-state index contributed by atoms with van der Waals surface area (Å²) < 4.78 is 0. The molecule has 2 N–H and O–H groups in total. The van der Waals surface area contributed by atoms with E-state index in [9.17, 15) is 4.79 Å². The molecule has 0 aliphatic heterocycles. The van der Waals surface area contributed by atoms with Crippen LogP contribution in [-0.2, 0) is 17.6 Å².